The third-order valence-corrected chi connectivity index (χ3v) is 4.24. The molecule has 1 aliphatic rings. The molecule has 0 saturated heterocycles. The van der Waals surface area contributed by atoms with E-state index >= 15 is 0 Å². The topological polar surface area (TPSA) is 34.0 Å². The summed E-state index contributed by atoms with van der Waals surface area (Å²) in [7, 11) is 0. The number of alkyl halides is 1. The van der Waals surface area contributed by atoms with Gasteiger partial charge in [0.25, 0.3) is 0 Å². The van der Waals surface area contributed by atoms with Gasteiger partial charge in [-0.2, -0.15) is 0 Å². The molecule has 5 heteroatoms. The van der Waals surface area contributed by atoms with E-state index in [1.54, 1.807) is 0 Å². The lowest BCUT2D eigenvalue weighted by molar-refractivity contribution is 0.266. The Hall–Kier alpha value is -1.13. The van der Waals surface area contributed by atoms with Crippen LogP contribution in [0.15, 0.2) is 12.3 Å². The summed E-state index contributed by atoms with van der Waals surface area (Å²) in [5.74, 6) is 1.36. The molecule has 108 valence electrons. The van der Waals surface area contributed by atoms with Gasteiger partial charge in [0.15, 0.2) is 5.65 Å². The molecule has 0 aromatic carbocycles. The predicted octanol–water partition coefficient (Wildman–Crippen LogP) is 2.96. The van der Waals surface area contributed by atoms with Crippen LogP contribution in [0.3, 0.4) is 0 Å². The molecule has 0 aliphatic heterocycles. The van der Waals surface area contributed by atoms with Crippen molar-refractivity contribution >= 4 is 22.8 Å². The summed E-state index contributed by atoms with van der Waals surface area (Å²) in [6.07, 6.45) is 4.59. The fraction of sp³-hybridized carbons (Fsp3) is 0.600. The Kier molecular flexibility index (Phi) is 3.94. The summed E-state index contributed by atoms with van der Waals surface area (Å²) in [4.78, 5) is 11.7. The zero-order valence-corrected chi connectivity index (χ0v) is 12.9. The number of hydrogen-bond acceptors (Lipinski definition) is 3. The van der Waals surface area contributed by atoms with Crippen LogP contribution in [0.2, 0.25) is 0 Å². The van der Waals surface area contributed by atoms with E-state index in [9.17, 15) is 0 Å². The molecule has 4 nitrogen and oxygen atoms in total. The molecule has 0 amide bonds. The van der Waals surface area contributed by atoms with Crippen molar-refractivity contribution in [2.45, 2.75) is 45.2 Å². The van der Waals surface area contributed by atoms with Gasteiger partial charge in [-0.25, -0.2) is 9.97 Å². The van der Waals surface area contributed by atoms with Gasteiger partial charge in [0.05, 0.1) is 5.88 Å². The Morgan fingerprint density at radius 3 is 2.90 bits per heavy atom. The maximum atomic E-state index is 6.04. The highest BCUT2D eigenvalue weighted by Gasteiger charge is 2.27. The molecule has 0 atom stereocenters. The number of aromatic nitrogens is 3. The van der Waals surface area contributed by atoms with E-state index in [-0.39, 0.29) is 0 Å². The number of aryl methyl sites for hydroxylation is 1. The number of fused-ring (bicyclic) bond motifs is 1. The normalized spacial score (nSPS) is 15.4. The maximum absolute atomic E-state index is 6.04. The highest BCUT2D eigenvalue weighted by atomic mass is 35.5. The van der Waals surface area contributed by atoms with Crippen molar-refractivity contribution < 1.29 is 0 Å². The molecule has 0 bridgehead atoms. The highest BCUT2D eigenvalue weighted by molar-refractivity contribution is 6.16. The number of nitrogens with zero attached hydrogens (tertiary/aromatic N) is 4. The molecule has 1 aliphatic carbocycles. The van der Waals surface area contributed by atoms with Gasteiger partial charge in [-0.3, -0.25) is 4.90 Å². The first-order valence-corrected chi connectivity index (χ1v) is 7.88. The van der Waals surface area contributed by atoms with E-state index in [4.69, 9.17) is 11.6 Å². The summed E-state index contributed by atoms with van der Waals surface area (Å²) in [5.41, 5.74) is 3.05. The van der Waals surface area contributed by atoms with Crippen LogP contribution < -0.4 is 0 Å². The lowest BCUT2D eigenvalue weighted by Crippen LogP contribution is -2.29. The number of hydrogen-bond donors (Lipinski definition) is 0. The average molecular weight is 293 g/mol. The van der Waals surface area contributed by atoms with Crippen LogP contribution in [0.25, 0.3) is 11.2 Å². The Labute approximate surface area is 124 Å². The zero-order chi connectivity index (χ0) is 14.1. The maximum Gasteiger partial charge on any atom is 0.160 e. The van der Waals surface area contributed by atoms with Crippen LogP contribution in [0, 0.1) is 6.92 Å². The highest BCUT2D eigenvalue weighted by Crippen LogP contribution is 2.26. The van der Waals surface area contributed by atoms with Gasteiger partial charge in [0, 0.05) is 25.3 Å². The van der Waals surface area contributed by atoms with E-state index < -0.39 is 0 Å². The first kappa shape index (κ1) is 13.8. The van der Waals surface area contributed by atoms with Crippen LogP contribution in [0.4, 0.5) is 0 Å². The minimum absolute atomic E-state index is 0.435. The minimum atomic E-state index is 0.435. The summed E-state index contributed by atoms with van der Waals surface area (Å²) in [5, 5.41) is 0. The quantitative estimate of drug-likeness (QED) is 0.768. The van der Waals surface area contributed by atoms with Gasteiger partial charge < -0.3 is 4.57 Å². The van der Waals surface area contributed by atoms with Crippen LogP contribution >= 0.6 is 11.6 Å². The second-order valence-electron chi connectivity index (χ2n) is 5.53. The Morgan fingerprint density at radius 2 is 2.25 bits per heavy atom. The van der Waals surface area contributed by atoms with Crippen molar-refractivity contribution in [3.05, 3.63) is 23.7 Å². The molecule has 0 radical (unpaired) electrons. The third-order valence-electron chi connectivity index (χ3n) is 4.00. The third kappa shape index (κ3) is 2.67. The molecule has 1 fully saturated rings. The van der Waals surface area contributed by atoms with E-state index in [1.807, 2.05) is 13.1 Å². The Morgan fingerprint density at radius 1 is 1.45 bits per heavy atom. The van der Waals surface area contributed by atoms with Gasteiger partial charge in [-0.1, -0.05) is 6.92 Å². The minimum Gasteiger partial charge on any atom is -0.310 e. The number of likely N-dealkylation sites (N-methyl/N-ethyl adjacent to an activating group) is 1. The predicted molar refractivity (Wildman–Crippen MR) is 82.1 cm³/mol. The SMILES string of the molecule is CCN(CCn1c(CCl)nc2cc(C)cnc21)C1CC1. The van der Waals surface area contributed by atoms with E-state index in [0.717, 1.165) is 48.2 Å². The zero-order valence-electron chi connectivity index (χ0n) is 12.1. The molecule has 2 aromatic rings. The largest absolute Gasteiger partial charge is 0.310 e. The van der Waals surface area contributed by atoms with Crippen LogP contribution in [0.1, 0.15) is 31.2 Å². The summed E-state index contributed by atoms with van der Waals surface area (Å²) in [6.45, 7) is 7.34. The van der Waals surface area contributed by atoms with E-state index in [2.05, 4.69) is 32.4 Å². The molecule has 0 spiro atoms. The Balaban J connectivity index is 1.85. The summed E-state index contributed by atoms with van der Waals surface area (Å²) < 4.78 is 2.17. The standard InChI is InChI=1S/C15H21ClN4/c1-3-19(12-4-5-12)6-7-20-14(9-16)18-13-8-11(2)10-17-15(13)20/h8,10,12H,3-7,9H2,1-2H3. The number of pyridine rings is 1. The summed E-state index contributed by atoms with van der Waals surface area (Å²) in [6, 6.07) is 2.87. The van der Waals surface area contributed by atoms with Gasteiger partial charge in [-0.05, 0) is 37.9 Å². The van der Waals surface area contributed by atoms with Crippen molar-refractivity contribution in [2.24, 2.45) is 0 Å². The molecule has 2 heterocycles. The first-order chi connectivity index (χ1) is 9.72. The number of rotatable bonds is 6. The van der Waals surface area contributed by atoms with E-state index in [0.29, 0.717) is 5.88 Å². The van der Waals surface area contributed by atoms with Crippen molar-refractivity contribution in [3.8, 4) is 0 Å². The second kappa shape index (κ2) is 5.70. The fourth-order valence-electron chi connectivity index (χ4n) is 2.76. The van der Waals surface area contributed by atoms with Crippen LogP contribution in [-0.4, -0.2) is 38.6 Å². The van der Waals surface area contributed by atoms with Gasteiger partial charge in [-0.15, -0.1) is 11.6 Å². The molecule has 20 heavy (non-hydrogen) atoms. The van der Waals surface area contributed by atoms with Crippen molar-refractivity contribution in [3.63, 3.8) is 0 Å². The molecule has 1 saturated carbocycles. The van der Waals surface area contributed by atoms with Gasteiger partial charge >= 0.3 is 0 Å². The monoisotopic (exact) mass is 292 g/mol. The van der Waals surface area contributed by atoms with Gasteiger partial charge in [0.1, 0.15) is 11.3 Å². The van der Waals surface area contributed by atoms with Crippen LogP contribution in [0.5, 0.6) is 0 Å². The fourth-order valence-corrected chi connectivity index (χ4v) is 2.97. The average Bonchev–Trinajstić information content (AvgIpc) is 3.22. The van der Waals surface area contributed by atoms with Gasteiger partial charge in [0.2, 0.25) is 0 Å². The Bertz CT molecular complexity index is 603. The smallest absolute Gasteiger partial charge is 0.160 e. The van der Waals surface area contributed by atoms with E-state index in [1.165, 1.54) is 12.8 Å². The molecule has 2 aromatic heterocycles. The lowest BCUT2D eigenvalue weighted by Gasteiger charge is -2.20. The van der Waals surface area contributed by atoms with Crippen molar-refractivity contribution in [1.29, 1.82) is 0 Å². The molecule has 0 N–H and O–H groups in total. The molecular weight excluding hydrogens is 272 g/mol. The molecular formula is C15H21ClN4. The van der Waals surface area contributed by atoms with Crippen LogP contribution in [-0.2, 0) is 12.4 Å². The van der Waals surface area contributed by atoms with Crippen molar-refractivity contribution in [2.75, 3.05) is 13.1 Å². The lowest BCUT2D eigenvalue weighted by atomic mass is 10.3. The summed E-state index contributed by atoms with van der Waals surface area (Å²) >= 11 is 6.04. The molecule has 3 rings (SSSR count). The molecule has 0 unspecified atom stereocenters. The van der Waals surface area contributed by atoms with Crippen molar-refractivity contribution in [1.82, 2.24) is 19.4 Å². The second-order valence-corrected chi connectivity index (χ2v) is 5.80. The first-order valence-electron chi connectivity index (χ1n) is 7.34. The number of imidazole rings is 1. The number of halogens is 1.